The molecule has 2 rings (SSSR count). The number of aromatic nitrogens is 2. The van der Waals surface area contributed by atoms with Crippen molar-refractivity contribution in [2.75, 3.05) is 18.5 Å². The minimum atomic E-state index is -3.73. The van der Waals surface area contributed by atoms with E-state index >= 15 is 0 Å². The molecule has 1 saturated carbocycles. The molecule has 1 aromatic rings. The summed E-state index contributed by atoms with van der Waals surface area (Å²) in [5.41, 5.74) is -0.596. The molecule has 0 unspecified atom stereocenters. The summed E-state index contributed by atoms with van der Waals surface area (Å²) in [6.07, 6.45) is 6.81. The first-order valence-corrected chi connectivity index (χ1v) is 11.2. The van der Waals surface area contributed by atoms with E-state index in [1.807, 2.05) is 0 Å². The first kappa shape index (κ1) is 21.2. The molecule has 0 radical (unpaired) electrons. The number of carbonyl (C=O) groups is 1. The number of hydrogen-bond acceptors (Lipinski definition) is 7. The second-order valence-corrected chi connectivity index (χ2v) is 10.4. The van der Waals surface area contributed by atoms with Gasteiger partial charge in [0.05, 0.1) is 6.10 Å². The SMILES string of the molecule is CC(C)(C)C(=O)Nc1nnc(S(=O)(=O)NCCCOC2CCCCC2)s1. The summed E-state index contributed by atoms with van der Waals surface area (Å²) in [5.74, 6) is -0.245. The number of amides is 1. The second kappa shape index (κ2) is 9.20. The Bertz CT molecular complexity index is 691. The van der Waals surface area contributed by atoms with E-state index < -0.39 is 15.4 Å². The number of ether oxygens (including phenoxy) is 1. The summed E-state index contributed by atoms with van der Waals surface area (Å²) in [5, 5.41) is 10.2. The Kier molecular flexibility index (Phi) is 7.51. The van der Waals surface area contributed by atoms with Gasteiger partial charge < -0.3 is 10.1 Å². The average molecular weight is 405 g/mol. The van der Waals surface area contributed by atoms with Crippen molar-refractivity contribution >= 4 is 32.4 Å². The van der Waals surface area contributed by atoms with Crippen LogP contribution >= 0.6 is 11.3 Å². The van der Waals surface area contributed by atoms with Gasteiger partial charge >= 0.3 is 0 Å². The van der Waals surface area contributed by atoms with Gasteiger partial charge in [-0.2, -0.15) is 0 Å². The van der Waals surface area contributed by atoms with E-state index in [2.05, 4.69) is 20.2 Å². The van der Waals surface area contributed by atoms with E-state index in [1.165, 1.54) is 19.3 Å². The van der Waals surface area contributed by atoms with Crippen molar-refractivity contribution in [1.29, 1.82) is 0 Å². The molecule has 1 fully saturated rings. The minimum absolute atomic E-state index is 0.157. The zero-order chi connectivity index (χ0) is 19.2. The maximum absolute atomic E-state index is 12.2. The van der Waals surface area contributed by atoms with Crippen LogP contribution in [0.15, 0.2) is 4.34 Å². The molecule has 0 saturated heterocycles. The smallest absolute Gasteiger partial charge is 0.269 e. The van der Waals surface area contributed by atoms with E-state index in [9.17, 15) is 13.2 Å². The zero-order valence-electron chi connectivity index (χ0n) is 15.6. The van der Waals surface area contributed by atoms with E-state index in [-0.39, 0.29) is 21.9 Å². The van der Waals surface area contributed by atoms with Crippen LogP contribution in [0.1, 0.15) is 59.3 Å². The summed E-state index contributed by atoms with van der Waals surface area (Å²) in [6.45, 7) is 6.10. The Hall–Kier alpha value is -1.10. The van der Waals surface area contributed by atoms with Crippen LogP contribution < -0.4 is 10.0 Å². The summed E-state index contributed by atoms with van der Waals surface area (Å²) >= 11 is 0.835. The molecule has 148 valence electrons. The molecule has 0 aliphatic heterocycles. The van der Waals surface area contributed by atoms with Crippen LogP contribution in [-0.2, 0) is 19.6 Å². The van der Waals surface area contributed by atoms with Gasteiger partial charge in [-0.05, 0) is 19.3 Å². The molecule has 8 nitrogen and oxygen atoms in total. The lowest BCUT2D eigenvalue weighted by Crippen LogP contribution is -2.27. The molecule has 0 bridgehead atoms. The molecular formula is C16H28N4O4S2. The fraction of sp³-hybridized carbons (Fsp3) is 0.812. The fourth-order valence-corrected chi connectivity index (χ4v) is 4.49. The molecule has 0 atom stereocenters. The minimum Gasteiger partial charge on any atom is -0.378 e. The number of hydrogen-bond donors (Lipinski definition) is 2. The van der Waals surface area contributed by atoms with Gasteiger partial charge in [-0.1, -0.05) is 51.4 Å². The molecule has 0 spiro atoms. The molecule has 1 heterocycles. The Morgan fingerprint density at radius 1 is 1.23 bits per heavy atom. The van der Waals surface area contributed by atoms with Gasteiger partial charge in [-0.3, -0.25) is 4.79 Å². The third-order valence-electron chi connectivity index (χ3n) is 4.06. The van der Waals surface area contributed by atoms with Gasteiger partial charge in [0, 0.05) is 18.6 Å². The van der Waals surface area contributed by atoms with Crippen molar-refractivity contribution in [3.05, 3.63) is 0 Å². The van der Waals surface area contributed by atoms with Crippen LogP contribution in [0.3, 0.4) is 0 Å². The van der Waals surface area contributed by atoms with Crippen molar-refractivity contribution in [3.8, 4) is 0 Å². The fourth-order valence-electron chi connectivity index (χ4n) is 2.48. The number of nitrogens with zero attached hydrogens (tertiary/aromatic N) is 2. The van der Waals surface area contributed by atoms with Crippen LogP contribution in [-0.4, -0.2) is 43.8 Å². The quantitative estimate of drug-likeness (QED) is 0.509. The molecule has 1 aliphatic rings. The van der Waals surface area contributed by atoms with Crippen LogP contribution in [0, 0.1) is 5.41 Å². The Morgan fingerprint density at radius 3 is 2.58 bits per heavy atom. The van der Waals surface area contributed by atoms with Gasteiger partial charge in [0.1, 0.15) is 0 Å². The van der Waals surface area contributed by atoms with Gasteiger partial charge in [-0.15, -0.1) is 10.2 Å². The van der Waals surface area contributed by atoms with Gasteiger partial charge in [0.25, 0.3) is 10.0 Å². The number of nitrogens with one attached hydrogen (secondary N) is 2. The highest BCUT2D eigenvalue weighted by molar-refractivity contribution is 7.91. The van der Waals surface area contributed by atoms with E-state index in [1.54, 1.807) is 20.8 Å². The third kappa shape index (κ3) is 6.57. The normalized spacial score (nSPS) is 16.6. The lowest BCUT2D eigenvalue weighted by molar-refractivity contribution is -0.123. The second-order valence-electron chi connectivity index (χ2n) is 7.46. The van der Waals surface area contributed by atoms with Crippen LogP contribution in [0.5, 0.6) is 0 Å². The molecule has 1 amide bonds. The van der Waals surface area contributed by atoms with E-state index in [0.29, 0.717) is 19.1 Å². The monoisotopic (exact) mass is 404 g/mol. The third-order valence-corrected chi connectivity index (χ3v) is 6.72. The van der Waals surface area contributed by atoms with Gasteiger partial charge in [0.2, 0.25) is 15.4 Å². The predicted molar refractivity (Wildman–Crippen MR) is 101 cm³/mol. The lowest BCUT2D eigenvalue weighted by Gasteiger charge is -2.21. The van der Waals surface area contributed by atoms with Gasteiger partial charge in [-0.25, -0.2) is 13.1 Å². The van der Waals surface area contributed by atoms with E-state index in [4.69, 9.17) is 4.74 Å². The van der Waals surface area contributed by atoms with Crippen LogP contribution in [0.25, 0.3) is 0 Å². The number of rotatable bonds is 8. The molecular weight excluding hydrogens is 376 g/mol. The van der Waals surface area contributed by atoms with Crippen molar-refractivity contribution < 1.29 is 17.9 Å². The maximum Gasteiger partial charge on any atom is 0.269 e. The Labute approximate surface area is 159 Å². The number of sulfonamides is 1. The standard InChI is InChI=1S/C16H28N4O4S2/c1-16(2,3)13(21)18-14-19-20-15(25-14)26(22,23)17-10-7-11-24-12-8-5-4-6-9-12/h12,17H,4-11H2,1-3H3,(H,18,19,21). The first-order chi connectivity index (χ1) is 12.2. The predicted octanol–water partition coefficient (Wildman–Crippen LogP) is 2.54. The van der Waals surface area contributed by atoms with Crippen molar-refractivity contribution in [2.24, 2.45) is 5.41 Å². The van der Waals surface area contributed by atoms with Crippen LogP contribution in [0.2, 0.25) is 0 Å². The summed E-state index contributed by atoms with van der Waals surface area (Å²) in [7, 11) is -3.73. The average Bonchev–Trinajstić information content (AvgIpc) is 3.04. The lowest BCUT2D eigenvalue weighted by atomic mass is 9.96. The van der Waals surface area contributed by atoms with Crippen molar-refractivity contribution in [1.82, 2.24) is 14.9 Å². The first-order valence-electron chi connectivity index (χ1n) is 8.95. The molecule has 2 N–H and O–H groups in total. The van der Waals surface area contributed by atoms with Crippen LogP contribution in [0.4, 0.5) is 5.13 Å². The largest absolute Gasteiger partial charge is 0.378 e. The molecule has 0 aromatic carbocycles. The zero-order valence-corrected chi connectivity index (χ0v) is 17.2. The van der Waals surface area contributed by atoms with Crippen molar-refractivity contribution in [2.45, 2.75) is 69.7 Å². The summed E-state index contributed by atoms with van der Waals surface area (Å²) < 4.78 is 32.6. The number of anilines is 1. The molecule has 1 aromatic heterocycles. The molecule has 10 heteroatoms. The van der Waals surface area contributed by atoms with E-state index in [0.717, 1.165) is 24.2 Å². The van der Waals surface area contributed by atoms with Gasteiger partial charge in [0.15, 0.2) is 0 Å². The topological polar surface area (TPSA) is 110 Å². The highest BCUT2D eigenvalue weighted by atomic mass is 32.2. The Morgan fingerprint density at radius 2 is 1.92 bits per heavy atom. The molecule has 1 aliphatic carbocycles. The summed E-state index contributed by atoms with van der Waals surface area (Å²) in [4.78, 5) is 11.9. The van der Waals surface area contributed by atoms with Crippen molar-refractivity contribution in [3.63, 3.8) is 0 Å². The molecule has 26 heavy (non-hydrogen) atoms. The highest BCUT2D eigenvalue weighted by Gasteiger charge is 2.25. The number of carbonyl (C=O) groups excluding carboxylic acids is 1. The maximum atomic E-state index is 12.2. The Balaban J connectivity index is 1.76. The highest BCUT2D eigenvalue weighted by Crippen LogP contribution is 2.23. The summed E-state index contributed by atoms with van der Waals surface area (Å²) in [6, 6.07) is 0.